The number of benzene rings is 3. The molecule has 3 aromatic carbocycles. The van der Waals surface area contributed by atoms with Gasteiger partial charge >= 0.3 is 6.03 Å². The standard InChI is InChI=1S/C23H19N3O4/c27-21-23(18-7-3-1-4-8-18,19-9-5-2-6-10-19)24-22(28)25(21)16-15-17-11-13-20(14-12-17)26(29)30/h1-14H,15-16H2,(H,24,28). The van der Waals surface area contributed by atoms with Crippen molar-refractivity contribution in [3.8, 4) is 0 Å². The van der Waals surface area contributed by atoms with Gasteiger partial charge < -0.3 is 5.32 Å². The van der Waals surface area contributed by atoms with E-state index in [2.05, 4.69) is 5.32 Å². The van der Waals surface area contributed by atoms with Gasteiger partial charge in [0.25, 0.3) is 11.6 Å². The third-order valence-corrected chi connectivity index (χ3v) is 5.29. The Morgan fingerprint density at radius 3 is 1.87 bits per heavy atom. The summed E-state index contributed by atoms with van der Waals surface area (Å²) < 4.78 is 0. The van der Waals surface area contributed by atoms with Crippen molar-refractivity contribution in [2.24, 2.45) is 0 Å². The number of nitrogens with one attached hydrogen (secondary N) is 1. The smallest absolute Gasteiger partial charge is 0.315 e. The minimum Gasteiger partial charge on any atom is -0.315 e. The van der Waals surface area contributed by atoms with Crippen LogP contribution in [-0.4, -0.2) is 28.3 Å². The highest BCUT2D eigenvalue weighted by Crippen LogP contribution is 2.36. The normalized spacial score (nSPS) is 15.1. The Balaban J connectivity index is 1.63. The molecule has 1 fully saturated rings. The Hall–Kier alpha value is -4.00. The zero-order valence-electron chi connectivity index (χ0n) is 16.0. The molecule has 0 atom stereocenters. The van der Waals surface area contributed by atoms with Crippen LogP contribution in [0.2, 0.25) is 0 Å². The highest BCUT2D eigenvalue weighted by molar-refractivity contribution is 6.09. The molecular formula is C23H19N3O4. The van der Waals surface area contributed by atoms with E-state index in [1.807, 2.05) is 60.7 Å². The lowest BCUT2D eigenvalue weighted by molar-refractivity contribution is -0.384. The van der Waals surface area contributed by atoms with Gasteiger partial charge in [-0.05, 0) is 23.1 Å². The topological polar surface area (TPSA) is 92.6 Å². The van der Waals surface area contributed by atoms with Crippen LogP contribution in [0.25, 0.3) is 0 Å². The van der Waals surface area contributed by atoms with Gasteiger partial charge in [0.2, 0.25) is 0 Å². The van der Waals surface area contributed by atoms with E-state index in [1.165, 1.54) is 17.0 Å². The number of nitro benzene ring substituents is 1. The van der Waals surface area contributed by atoms with Gasteiger partial charge in [0.15, 0.2) is 5.54 Å². The maximum absolute atomic E-state index is 13.6. The van der Waals surface area contributed by atoms with E-state index in [9.17, 15) is 19.7 Å². The molecular weight excluding hydrogens is 382 g/mol. The van der Waals surface area contributed by atoms with Crippen molar-refractivity contribution in [2.75, 3.05) is 6.54 Å². The molecule has 0 unspecified atom stereocenters. The first-order valence-electron chi connectivity index (χ1n) is 9.51. The van der Waals surface area contributed by atoms with Crippen LogP contribution in [0.1, 0.15) is 16.7 Å². The molecule has 150 valence electrons. The number of urea groups is 1. The van der Waals surface area contributed by atoms with Crippen LogP contribution in [0.3, 0.4) is 0 Å². The molecule has 1 heterocycles. The monoisotopic (exact) mass is 401 g/mol. The molecule has 0 aromatic heterocycles. The van der Waals surface area contributed by atoms with Gasteiger partial charge in [-0.1, -0.05) is 72.8 Å². The predicted octanol–water partition coefficient (Wildman–Crippen LogP) is 3.63. The molecule has 3 aromatic rings. The summed E-state index contributed by atoms with van der Waals surface area (Å²) in [7, 11) is 0. The number of non-ortho nitro benzene ring substituents is 1. The molecule has 0 spiro atoms. The van der Waals surface area contributed by atoms with E-state index < -0.39 is 16.5 Å². The van der Waals surface area contributed by atoms with Crippen LogP contribution in [-0.2, 0) is 16.8 Å². The first kappa shape index (κ1) is 19.3. The fourth-order valence-corrected chi connectivity index (χ4v) is 3.74. The molecule has 1 aliphatic rings. The van der Waals surface area contributed by atoms with Crippen molar-refractivity contribution in [1.82, 2.24) is 10.2 Å². The molecule has 0 radical (unpaired) electrons. The van der Waals surface area contributed by atoms with E-state index >= 15 is 0 Å². The van der Waals surface area contributed by atoms with Crippen molar-refractivity contribution in [3.05, 3.63) is 112 Å². The number of imide groups is 1. The van der Waals surface area contributed by atoms with E-state index in [0.717, 1.165) is 5.56 Å². The number of rotatable bonds is 6. The van der Waals surface area contributed by atoms with Gasteiger partial charge in [0.05, 0.1) is 4.92 Å². The first-order valence-corrected chi connectivity index (χ1v) is 9.51. The van der Waals surface area contributed by atoms with Gasteiger partial charge in [-0.15, -0.1) is 0 Å². The van der Waals surface area contributed by atoms with Crippen molar-refractivity contribution in [1.29, 1.82) is 0 Å². The maximum Gasteiger partial charge on any atom is 0.325 e. The average Bonchev–Trinajstić information content (AvgIpc) is 3.04. The van der Waals surface area contributed by atoms with Crippen LogP contribution in [0.4, 0.5) is 10.5 Å². The summed E-state index contributed by atoms with van der Waals surface area (Å²) in [5.41, 5.74) is 0.897. The Labute approximate surface area is 173 Å². The lowest BCUT2D eigenvalue weighted by Gasteiger charge is -2.28. The number of nitrogens with zero attached hydrogens (tertiary/aromatic N) is 2. The van der Waals surface area contributed by atoms with E-state index in [1.54, 1.807) is 12.1 Å². The molecule has 4 rings (SSSR count). The molecule has 7 heteroatoms. The van der Waals surface area contributed by atoms with Crippen molar-refractivity contribution in [2.45, 2.75) is 12.0 Å². The second-order valence-corrected chi connectivity index (χ2v) is 7.04. The zero-order chi connectivity index (χ0) is 21.1. The van der Waals surface area contributed by atoms with Gasteiger partial charge in [-0.25, -0.2) is 4.79 Å². The first-order chi connectivity index (χ1) is 14.5. The fraction of sp³-hybridized carbons (Fsp3) is 0.130. The van der Waals surface area contributed by atoms with Gasteiger partial charge in [0, 0.05) is 18.7 Å². The number of amides is 3. The van der Waals surface area contributed by atoms with Gasteiger partial charge in [-0.2, -0.15) is 0 Å². The lowest BCUT2D eigenvalue weighted by Crippen LogP contribution is -2.45. The van der Waals surface area contributed by atoms with Crippen LogP contribution in [0.15, 0.2) is 84.9 Å². The number of hydrogen-bond acceptors (Lipinski definition) is 4. The molecule has 1 N–H and O–H groups in total. The Morgan fingerprint density at radius 1 is 0.833 bits per heavy atom. The van der Waals surface area contributed by atoms with Gasteiger partial charge in [0.1, 0.15) is 0 Å². The summed E-state index contributed by atoms with van der Waals surface area (Å²) in [6.45, 7) is 0.171. The zero-order valence-corrected chi connectivity index (χ0v) is 16.0. The second kappa shape index (κ2) is 7.79. The average molecular weight is 401 g/mol. The van der Waals surface area contributed by atoms with E-state index in [0.29, 0.717) is 17.5 Å². The molecule has 7 nitrogen and oxygen atoms in total. The summed E-state index contributed by atoms with van der Waals surface area (Å²) in [4.78, 5) is 37.9. The number of nitro groups is 1. The summed E-state index contributed by atoms with van der Waals surface area (Å²) in [5.74, 6) is -0.341. The molecule has 30 heavy (non-hydrogen) atoms. The van der Waals surface area contributed by atoms with Gasteiger partial charge in [-0.3, -0.25) is 19.8 Å². The Morgan fingerprint density at radius 2 is 1.37 bits per heavy atom. The van der Waals surface area contributed by atoms with Crippen LogP contribution in [0, 0.1) is 10.1 Å². The van der Waals surface area contributed by atoms with Crippen molar-refractivity contribution in [3.63, 3.8) is 0 Å². The molecule has 1 saturated heterocycles. The SMILES string of the molecule is O=C1NC(c2ccccc2)(c2ccccc2)C(=O)N1CCc1ccc([N+](=O)[O-])cc1. The minimum absolute atomic E-state index is 0.000846. The van der Waals surface area contributed by atoms with Crippen molar-refractivity contribution >= 4 is 17.6 Å². The maximum atomic E-state index is 13.6. The van der Waals surface area contributed by atoms with E-state index in [4.69, 9.17) is 0 Å². The van der Waals surface area contributed by atoms with Crippen LogP contribution >= 0.6 is 0 Å². The Bertz CT molecular complexity index is 1040. The molecule has 1 aliphatic heterocycles. The highest BCUT2D eigenvalue weighted by atomic mass is 16.6. The molecule has 0 saturated carbocycles. The van der Waals surface area contributed by atoms with E-state index in [-0.39, 0.29) is 18.1 Å². The summed E-state index contributed by atoms with van der Waals surface area (Å²) in [6.07, 6.45) is 0.400. The summed E-state index contributed by atoms with van der Waals surface area (Å²) in [5, 5.41) is 13.7. The summed E-state index contributed by atoms with van der Waals surface area (Å²) >= 11 is 0. The third kappa shape index (κ3) is 3.30. The molecule has 0 aliphatic carbocycles. The lowest BCUT2D eigenvalue weighted by atomic mass is 9.82. The summed E-state index contributed by atoms with van der Waals surface area (Å²) in [6, 6.07) is 24.0. The van der Waals surface area contributed by atoms with Crippen LogP contribution < -0.4 is 5.32 Å². The number of carbonyl (C=O) groups excluding carboxylic acids is 2. The number of hydrogen-bond donors (Lipinski definition) is 1. The fourth-order valence-electron chi connectivity index (χ4n) is 3.74. The Kier molecular flexibility index (Phi) is 5.02. The molecule has 3 amide bonds. The second-order valence-electron chi connectivity index (χ2n) is 7.04. The minimum atomic E-state index is -1.28. The quantitative estimate of drug-likeness (QED) is 0.388. The largest absolute Gasteiger partial charge is 0.325 e. The third-order valence-electron chi connectivity index (χ3n) is 5.29. The van der Waals surface area contributed by atoms with Crippen LogP contribution in [0.5, 0.6) is 0 Å². The molecule has 0 bridgehead atoms. The highest BCUT2D eigenvalue weighted by Gasteiger charge is 2.53. The predicted molar refractivity (Wildman–Crippen MR) is 111 cm³/mol. The van der Waals surface area contributed by atoms with Crippen molar-refractivity contribution < 1.29 is 14.5 Å². The number of carbonyl (C=O) groups is 2.